The van der Waals surface area contributed by atoms with Gasteiger partial charge in [0, 0.05) is 26.2 Å². The smallest absolute Gasteiger partial charge is 0.317 e. The fraction of sp³-hybridized carbons (Fsp3) is 0.562. The van der Waals surface area contributed by atoms with Crippen LogP contribution in [0.2, 0.25) is 0 Å². The average molecular weight is 278 g/mol. The van der Waals surface area contributed by atoms with Crippen molar-refractivity contribution in [3.8, 4) is 0 Å². The van der Waals surface area contributed by atoms with Crippen molar-refractivity contribution in [1.82, 2.24) is 10.2 Å². The first-order valence-electron chi connectivity index (χ1n) is 7.42. The monoisotopic (exact) mass is 278 g/mol. The second-order valence-electron chi connectivity index (χ2n) is 4.61. The number of amides is 2. The van der Waals surface area contributed by atoms with E-state index in [2.05, 4.69) is 17.4 Å². The molecule has 4 heteroatoms. The van der Waals surface area contributed by atoms with Gasteiger partial charge in [-0.15, -0.1) is 0 Å². The quantitative estimate of drug-likeness (QED) is 0.706. The van der Waals surface area contributed by atoms with Crippen molar-refractivity contribution in [1.29, 1.82) is 0 Å². The molecule has 2 amide bonds. The van der Waals surface area contributed by atoms with Crippen LogP contribution in [0.15, 0.2) is 30.3 Å². The molecule has 0 saturated heterocycles. The number of hydrogen-bond acceptors (Lipinski definition) is 2. The van der Waals surface area contributed by atoms with E-state index in [1.54, 1.807) is 4.90 Å². The molecule has 1 aromatic rings. The Balaban J connectivity index is 1.98. The van der Waals surface area contributed by atoms with Crippen LogP contribution in [0.1, 0.15) is 25.8 Å². The number of hydrogen-bond donors (Lipinski definition) is 1. The summed E-state index contributed by atoms with van der Waals surface area (Å²) >= 11 is 0. The third-order valence-electron chi connectivity index (χ3n) is 3.17. The van der Waals surface area contributed by atoms with Crippen molar-refractivity contribution >= 4 is 6.03 Å². The molecule has 1 N–H and O–H groups in total. The highest BCUT2D eigenvalue weighted by atomic mass is 16.5. The zero-order valence-corrected chi connectivity index (χ0v) is 12.6. The largest absolute Gasteiger partial charge is 0.381 e. The maximum Gasteiger partial charge on any atom is 0.317 e. The first-order chi connectivity index (χ1) is 9.77. The Labute approximate surface area is 122 Å². The summed E-state index contributed by atoms with van der Waals surface area (Å²) in [6.07, 6.45) is 1.79. The molecule has 0 heterocycles. The van der Waals surface area contributed by atoms with Crippen molar-refractivity contribution in [2.24, 2.45) is 0 Å². The molecule has 0 unspecified atom stereocenters. The Hall–Kier alpha value is -1.55. The Morgan fingerprint density at radius 2 is 1.85 bits per heavy atom. The zero-order valence-electron chi connectivity index (χ0n) is 12.6. The van der Waals surface area contributed by atoms with Crippen molar-refractivity contribution in [3.63, 3.8) is 0 Å². The van der Waals surface area contributed by atoms with E-state index in [1.807, 2.05) is 32.0 Å². The zero-order chi connectivity index (χ0) is 14.6. The Bertz CT molecular complexity index is 364. The molecule has 4 nitrogen and oxygen atoms in total. The normalized spacial score (nSPS) is 10.3. The van der Waals surface area contributed by atoms with Gasteiger partial charge < -0.3 is 15.0 Å². The highest BCUT2D eigenvalue weighted by Gasteiger charge is 2.06. The lowest BCUT2D eigenvalue weighted by Gasteiger charge is -2.19. The van der Waals surface area contributed by atoms with E-state index in [4.69, 9.17) is 4.74 Å². The van der Waals surface area contributed by atoms with Gasteiger partial charge in [-0.2, -0.15) is 0 Å². The second-order valence-corrected chi connectivity index (χ2v) is 4.61. The van der Waals surface area contributed by atoms with E-state index in [0.29, 0.717) is 13.2 Å². The number of ether oxygens (including phenoxy) is 1. The number of carbonyl (C=O) groups is 1. The molecule has 112 valence electrons. The summed E-state index contributed by atoms with van der Waals surface area (Å²) < 4.78 is 5.57. The number of rotatable bonds is 9. The van der Waals surface area contributed by atoms with Gasteiger partial charge in [0.15, 0.2) is 0 Å². The molecule has 0 aliphatic rings. The summed E-state index contributed by atoms with van der Waals surface area (Å²) in [5.41, 5.74) is 1.29. The first-order valence-corrected chi connectivity index (χ1v) is 7.42. The molecule has 1 aromatic carbocycles. The predicted molar refractivity (Wildman–Crippen MR) is 81.9 cm³/mol. The van der Waals surface area contributed by atoms with E-state index < -0.39 is 0 Å². The minimum atomic E-state index is 0.0132. The van der Waals surface area contributed by atoms with E-state index in [-0.39, 0.29) is 6.03 Å². The molecular weight excluding hydrogens is 252 g/mol. The summed E-state index contributed by atoms with van der Waals surface area (Å²) in [4.78, 5) is 13.4. The second kappa shape index (κ2) is 10.3. The number of nitrogens with one attached hydrogen (secondary N) is 1. The molecule has 0 atom stereocenters. The summed E-state index contributed by atoms with van der Waals surface area (Å²) in [5, 5.41) is 2.90. The van der Waals surface area contributed by atoms with Crippen molar-refractivity contribution in [2.75, 3.05) is 32.8 Å². The van der Waals surface area contributed by atoms with Crippen LogP contribution < -0.4 is 5.32 Å². The molecule has 0 radical (unpaired) electrons. The van der Waals surface area contributed by atoms with Gasteiger partial charge in [0.1, 0.15) is 0 Å². The molecule has 0 saturated carbocycles. The topological polar surface area (TPSA) is 41.6 Å². The number of urea groups is 1. The van der Waals surface area contributed by atoms with E-state index in [9.17, 15) is 4.79 Å². The molecule has 0 aromatic heterocycles. The minimum absolute atomic E-state index is 0.0132. The first kappa shape index (κ1) is 16.5. The van der Waals surface area contributed by atoms with Crippen LogP contribution in [0, 0.1) is 0 Å². The Morgan fingerprint density at radius 3 is 2.50 bits per heavy atom. The van der Waals surface area contributed by atoms with Crippen LogP contribution >= 0.6 is 0 Å². The maximum atomic E-state index is 11.7. The standard InChI is InChI=1S/C16H26N2O2/c1-3-18(4-2)16(19)17-12-8-13-20-14-11-15-9-6-5-7-10-15/h5-7,9-10H,3-4,8,11-14H2,1-2H3,(H,17,19). The fourth-order valence-corrected chi connectivity index (χ4v) is 1.93. The number of nitrogens with zero attached hydrogens (tertiary/aromatic N) is 1. The van der Waals surface area contributed by atoms with Gasteiger partial charge >= 0.3 is 6.03 Å². The molecule has 0 bridgehead atoms. The van der Waals surface area contributed by atoms with Crippen LogP contribution in [0.3, 0.4) is 0 Å². The predicted octanol–water partition coefficient (Wildman–Crippen LogP) is 2.69. The Morgan fingerprint density at radius 1 is 1.15 bits per heavy atom. The summed E-state index contributed by atoms with van der Waals surface area (Å²) in [6, 6.07) is 10.3. The van der Waals surface area contributed by atoms with Crippen molar-refractivity contribution < 1.29 is 9.53 Å². The van der Waals surface area contributed by atoms with E-state index in [0.717, 1.165) is 32.5 Å². The van der Waals surface area contributed by atoms with Crippen LogP contribution in [0.4, 0.5) is 4.79 Å². The molecule has 0 aliphatic heterocycles. The van der Waals surface area contributed by atoms with Crippen LogP contribution in [0.25, 0.3) is 0 Å². The summed E-state index contributed by atoms with van der Waals surface area (Å²) in [6.45, 7) is 7.54. The van der Waals surface area contributed by atoms with Gasteiger partial charge in [0.05, 0.1) is 6.61 Å². The van der Waals surface area contributed by atoms with Crippen LogP contribution in [-0.4, -0.2) is 43.8 Å². The molecular formula is C16H26N2O2. The summed E-state index contributed by atoms with van der Waals surface area (Å²) in [5.74, 6) is 0. The average Bonchev–Trinajstić information content (AvgIpc) is 2.48. The third kappa shape index (κ3) is 6.57. The van der Waals surface area contributed by atoms with Gasteiger partial charge in [0.25, 0.3) is 0 Å². The SMILES string of the molecule is CCN(CC)C(=O)NCCCOCCc1ccccc1. The van der Waals surface area contributed by atoms with Crippen LogP contribution in [0.5, 0.6) is 0 Å². The molecule has 0 fully saturated rings. The van der Waals surface area contributed by atoms with E-state index in [1.165, 1.54) is 5.56 Å². The number of carbonyl (C=O) groups excluding carboxylic acids is 1. The number of benzene rings is 1. The summed E-state index contributed by atoms with van der Waals surface area (Å²) in [7, 11) is 0. The maximum absolute atomic E-state index is 11.7. The van der Waals surface area contributed by atoms with Crippen molar-refractivity contribution in [2.45, 2.75) is 26.7 Å². The lowest BCUT2D eigenvalue weighted by molar-refractivity contribution is 0.134. The van der Waals surface area contributed by atoms with Crippen molar-refractivity contribution in [3.05, 3.63) is 35.9 Å². The van der Waals surface area contributed by atoms with Gasteiger partial charge in [0.2, 0.25) is 0 Å². The van der Waals surface area contributed by atoms with Crippen LogP contribution in [-0.2, 0) is 11.2 Å². The Kier molecular flexibility index (Phi) is 8.47. The molecule has 1 rings (SSSR count). The molecule has 0 spiro atoms. The minimum Gasteiger partial charge on any atom is -0.381 e. The lowest BCUT2D eigenvalue weighted by atomic mass is 10.2. The van der Waals surface area contributed by atoms with Gasteiger partial charge in [-0.3, -0.25) is 0 Å². The van der Waals surface area contributed by atoms with Gasteiger partial charge in [-0.1, -0.05) is 30.3 Å². The van der Waals surface area contributed by atoms with Gasteiger partial charge in [-0.05, 0) is 32.3 Å². The highest BCUT2D eigenvalue weighted by Crippen LogP contribution is 1.99. The lowest BCUT2D eigenvalue weighted by Crippen LogP contribution is -2.40. The molecule has 20 heavy (non-hydrogen) atoms. The molecule has 0 aliphatic carbocycles. The van der Waals surface area contributed by atoms with Gasteiger partial charge in [-0.25, -0.2) is 4.79 Å². The van der Waals surface area contributed by atoms with E-state index >= 15 is 0 Å². The third-order valence-corrected chi connectivity index (χ3v) is 3.17. The fourth-order valence-electron chi connectivity index (χ4n) is 1.93. The highest BCUT2D eigenvalue weighted by molar-refractivity contribution is 5.73.